The van der Waals surface area contributed by atoms with Crippen molar-refractivity contribution in [2.45, 2.75) is 45.6 Å². The molecule has 15 heavy (non-hydrogen) atoms. The summed E-state index contributed by atoms with van der Waals surface area (Å²) in [5.41, 5.74) is -0.119. The maximum absolute atomic E-state index is 12.8. The molecule has 0 aromatic carbocycles. The van der Waals surface area contributed by atoms with E-state index in [0.29, 0.717) is 6.54 Å². The number of unbranched alkanes of at least 4 members (excludes halogenated alkanes) is 4. The molecule has 0 bridgehead atoms. The van der Waals surface area contributed by atoms with E-state index in [-0.39, 0.29) is 11.4 Å². The number of pyridine rings is 1. The minimum Gasteiger partial charge on any atom is -0.313 e. The fraction of sp³-hybridized carbons (Fsp3) is 0.583. The molecule has 1 aromatic heterocycles. The second-order valence-corrected chi connectivity index (χ2v) is 3.79. The molecule has 0 fully saturated rings. The zero-order valence-electron chi connectivity index (χ0n) is 9.21. The van der Waals surface area contributed by atoms with Crippen molar-refractivity contribution in [3.63, 3.8) is 0 Å². The smallest absolute Gasteiger partial charge is 0.250 e. The molecule has 0 aliphatic heterocycles. The molecule has 0 N–H and O–H groups in total. The second kappa shape index (κ2) is 6.38. The van der Waals surface area contributed by atoms with Crippen LogP contribution in [0.2, 0.25) is 0 Å². The molecule has 0 aliphatic rings. The summed E-state index contributed by atoms with van der Waals surface area (Å²) in [5, 5.41) is 0. The molecule has 1 aromatic rings. The van der Waals surface area contributed by atoms with E-state index in [9.17, 15) is 9.18 Å². The Labute approximate surface area is 89.7 Å². The maximum atomic E-state index is 12.8. The van der Waals surface area contributed by atoms with Gasteiger partial charge in [0.25, 0.3) is 5.56 Å². The Hall–Kier alpha value is -1.12. The Morgan fingerprint density at radius 1 is 1.20 bits per heavy atom. The van der Waals surface area contributed by atoms with Gasteiger partial charge < -0.3 is 4.57 Å². The van der Waals surface area contributed by atoms with E-state index in [0.717, 1.165) is 12.8 Å². The van der Waals surface area contributed by atoms with Gasteiger partial charge in [0.2, 0.25) is 0 Å². The van der Waals surface area contributed by atoms with Crippen molar-refractivity contribution in [2.24, 2.45) is 0 Å². The van der Waals surface area contributed by atoms with Gasteiger partial charge in [-0.3, -0.25) is 4.79 Å². The van der Waals surface area contributed by atoms with Crippen LogP contribution in [-0.2, 0) is 6.54 Å². The van der Waals surface area contributed by atoms with Crippen molar-refractivity contribution in [1.29, 1.82) is 0 Å². The first kappa shape index (κ1) is 12.0. The average Bonchev–Trinajstić information content (AvgIpc) is 2.23. The highest BCUT2D eigenvalue weighted by molar-refractivity contribution is 4.96. The number of aryl methyl sites for hydroxylation is 1. The zero-order chi connectivity index (χ0) is 11.1. The predicted octanol–water partition coefficient (Wildman–Crippen LogP) is 2.96. The summed E-state index contributed by atoms with van der Waals surface area (Å²) >= 11 is 0. The van der Waals surface area contributed by atoms with E-state index >= 15 is 0 Å². The van der Waals surface area contributed by atoms with E-state index in [2.05, 4.69) is 6.92 Å². The third-order valence-electron chi connectivity index (χ3n) is 2.45. The van der Waals surface area contributed by atoms with Gasteiger partial charge in [0.15, 0.2) is 0 Å². The Bertz CT molecular complexity index is 346. The molecule has 84 valence electrons. The lowest BCUT2D eigenvalue weighted by Crippen LogP contribution is -2.18. The molecule has 0 unspecified atom stereocenters. The van der Waals surface area contributed by atoms with Crippen molar-refractivity contribution in [3.8, 4) is 0 Å². The van der Waals surface area contributed by atoms with Crippen molar-refractivity contribution in [2.75, 3.05) is 0 Å². The number of nitrogens with zero attached hydrogens (tertiary/aromatic N) is 1. The van der Waals surface area contributed by atoms with Crippen LogP contribution in [0.1, 0.15) is 39.0 Å². The first-order valence-electron chi connectivity index (χ1n) is 5.60. The molecule has 0 saturated heterocycles. The van der Waals surface area contributed by atoms with Gasteiger partial charge in [-0.2, -0.15) is 0 Å². The van der Waals surface area contributed by atoms with Crippen LogP contribution in [0.5, 0.6) is 0 Å². The molecule has 0 spiro atoms. The summed E-state index contributed by atoms with van der Waals surface area (Å²) in [6.07, 6.45) is 6.97. The van der Waals surface area contributed by atoms with Crippen LogP contribution < -0.4 is 5.56 Å². The van der Waals surface area contributed by atoms with Crippen molar-refractivity contribution in [1.82, 2.24) is 4.57 Å². The SMILES string of the molecule is CCCCCCCn1cc(F)ccc1=O. The Kier molecular flexibility index (Phi) is 5.08. The molecule has 0 saturated carbocycles. The van der Waals surface area contributed by atoms with Crippen molar-refractivity contribution >= 4 is 0 Å². The maximum Gasteiger partial charge on any atom is 0.250 e. The summed E-state index contributed by atoms with van der Waals surface area (Å²) in [6, 6.07) is 2.48. The first-order valence-corrected chi connectivity index (χ1v) is 5.60. The monoisotopic (exact) mass is 211 g/mol. The van der Waals surface area contributed by atoms with Crippen LogP contribution in [0.4, 0.5) is 4.39 Å². The van der Waals surface area contributed by atoms with Gasteiger partial charge in [-0.15, -0.1) is 0 Å². The largest absolute Gasteiger partial charge is 0.313 e. The third-order valence-corrected chi connectivity index (χ3v) is 2.45. The summed E-state index contributed by atoms with van der Waals surface area (Å²) in [5.74, 6) is -0.344. The molecule has 1 rings (SSSR count). The van der Waals surface area contributed by atoms with Crippen molar-refractivity contribution < 1.29 is 4.39 Å². The molecule has 2 nitrogen and oxygen atoms in total. The van der Waals surface area contributed by atoms with Crippen LogP contribution >= 0.6 is 0 Å². The molecule has 0 amide bonds. The van der Waals surface area contributed by atoms with Gasteiger partial charge in [0.05, 0.1) is 0 Å². The highest BCUT2D eigenvalue weighted by Gasteiger charge is 1.97. The Balaban J connectivity index is 2.37. The fourth-order valence-corrected chi connectivity index (χ4v) is 1.56. The molecular weight excluding hydrogens is 193 g/mol. The third kappa shape index (κ3) is 4.28. The molecule has 0 aliphatic carbocycles. The summed E-state index contributed by atoms with van der Waals surface area (Å²) in [6.45, 7) is 2.79. The predicted molar refractivity (Wildman–Crippen MR) is 59.4 cm³/mol. The number of hydrogen-bond acceptors (Lipinski definition) is 1. The Morgan fingerprint density at radius 2 is 1.93 bits per heavy atom. The summed E-state index contributed by atoms with van der Waals surface area (Å²) in [4.78, 5) is 11.3. The molecule has 0 atom stereocenters. The van der Waals surface area contributed by atoms with E-state index in [1.54, 1.807) is 0 Å². The second-order valence-electron chi connectivity index (χ2n) is 3.79. The zero-order valence-corrected chi connectivity index (χ0v) is 9.21. The van der Waals surface area contributed by atoms with Gasteiger partial charge >= 0.3 is 0 Å². The highest BCUT2D eigenvalue weighted by Crippen LogP contribution is 2.03. The number of rotatable bonds is 6. The molecule has 1 heterocycles. The summed E-state index contributed by atoms with van der Waals surface area (Å²) in [7, 11) is 0. The standard InChI is InChI=1S/C12H18FNO/c1-2-3-4-5-6-9-14-10-11(13)7-8-12(14)15/h7-8,10H,2-6,9H2,1H3. The van der Waals surface area contributed by atoms with Gasteiger partial charge in [0, 0.05) is 18.8 Å². The first-order chi connectivity index (χ1) is 7.24. The minimum absolute atomic E-state index is 0.119. The van der Waals surface area contributed by atoms with E-state index < -0.39 is 0 Å². The normalized spacial score (nSPS) is 10.5. The highest BCUT2D eigenvalue weighted by atomic mass is 19.1. The van der Waals surface area contributed by atoms with Gasteiger partial charge in [-0.05, 0) is 12.5 Å². The minimum atomic E-state index is -0.344. The number of aromatic nitrogens is 1. The van der Waals surface area contributed by atoms with Crippen LogP contribution in [0, 0.1) is 5.82 Å². The van der Waals surface area contributed by atoms with E-state index in [1.165, 1.54) is 42.2 Å². The number of halogens is 1. The lowest BCUT2D eigenvalue weighted by molar-refractivity contribution is 0.536. The van der Waals surface area contributed by atoms with Crippen molar-refractivity contribution in [3.05, 3.63) is 34.5 Å². The van der Waals surface area contributed by atoms with Crippen LogP contribution in [0.25, 0.3) is 0 Å². The lowest BCUT2D eigenvalue weighted by atomic mass is 10.1. The number of hydrogen-bond donors (Lipinski definition) is 0. The van der Waals surface area contributed by atoms with Crippen LogP contribution in [0.15, 0.2) is 23.1 Å². The van der Waals surface area contributed by atoms with Gasteiger partial charge in [-0.25, -0.2) is 4.39 Å². The van der Waals surface area contributed by atoms with E-state index in [1.807, 2.05) is 0 Å². The Morgan fingerprint density at radius 3 is 2.67 bits per heavy atom. The topological polar surface area (TPSA) is 22.0 Å². The molecule has 0 radical (unpaired) electrons. The van der Waals surface area contributed by atoms with Gasteiger partial charge in [0.1, 0.15) is 5.82 Å². The molecule has 3 heteroatoms. The summed E-state index contributed by atoms with van der Waals surface area (Å²) < 4.78 is 14.3. The average molecular weight is 211 g/mol. The lowest BCUT2D eigenvalue weighted by Gasteiger charge is -2.04. The van der Waals surface area contributed by atoms with Crippen LogP contribution in [0.3, 0.4) is 0 Å². The van der Waals surface area contributed by atoms with Gasteiger partial charge in [-0.1, -0.05) is 32.6 Å². The quantitative estimate of drug-likeness (QED) is 0.663. The van der Waals surface area contributed by atoms with Crippen LogP contribution in [-0.4, -0.2) is 4.57 Å². The molecular formula is C12H18FNO. The van der Waals surface area contributed by atoms with E-state index in [4.69, 9.17) is 0 Å². The fourth-order valence-electron chi connectivity index (χ4n) is 1.56.